The largest absolute Gasteiger partial charge is 0.573 e. The van der Waals surface area contributed by atoms with Crippen molar-refractivity contribution in [1.82, 2.24) is 4.98 Å². The summed E-state index contributed by atoms with van der Waals surface area (Å²) >= 11 is 0. The SMILES string of the molecule is CC(C)c1nc2cc(F)c(OC(F)(F)F)cc2o1. The fourth-order valence-corrected chi connectivity index (χ4v) is 1.40. The van der Waals surface area contributed by atoms with E-state index in [-0.39, 0.29) is 17.0 Å². The Morgan fingerprint density at radius 1 is 1.28 bits per heavy atom. The summed E-state index contributed by atoms with van der Waals surface area (Å²) in [7, 11) is 0. The summed E-state index contributed by atoms with van der Waals surface area (Å²) in [5, 5.41) is 0. The highest BCUT2D eigenvalue weighted by molar-refractivity contribution is 5.74. The summed E-state index contributed by atoms with van der Waals surface area (Å²) in [5.74, 6) is -1.79. The van der Waals surface area contributed by atoms with Crippen LogP contribution in [-0.2, 0) is 0 Å². The molecule has 0 radical (unpaired) electrons. The molecule has 0 saturated carbocycles. The molecule has 1 aromatic heterocycles. The smallest absolute Gasteiger partial charge is 0.440 e. The van der Waals surface area contributed by atoms with Gasteiger partial charge in [-0.1, -0.05) is 13.8 Å². The summed E-state index contributed by atoms with van der Waals surface area (Å²) in [6, 6.07) is 1.70. The van der Waals surface area contributed by atoms with Gasteiger partial charge in [0.15, 0.2) is 23.0 Å². The highest BCUT2D eigenvalue weighted by atomic mass is 19.4. The maximum atomic E-state index is 13.4. The third kappa shape index (κ3) is 2.55. The Balaban J connectivity index is 2.47. The van der Waals surface area contributed by atoms with Gasteiger partial charge in [-0.2, -0.15) is 0 Å². The Labute approximate surface area is 99.4 Å². The third-order valence-corrected chi connectivity index (χ3v) is 2.18. The van der Waals surface area contributed by atoms with Crippen LogP contribution in [0.25, 0.3) is 11.1 Å². The molecule has 18 heavy (non-hydrogen) atoms. The van der Waals surface area contributed by atoms with Gasteiger partial charge in [0.05, 0.1) is 0 Å². The van der Waals surface area contributed by atoms with Gasteiger partial charge < -0.3 is 9.15 Å². The van der Waals surface area contributed by atoms with Gasteiger partial charge in [0, 0.05) is 18.1 Å². The van der Waals surface area contributed by atoms with Crippen molar-refractivity contribution in [2.45, 2.75) is 26.1 Å². The Kier molecular flexibility index (Phi) is 2.92. The number of nitrogens with zero attached hydrogens (tertiary/aromatic N) is 1. The minimum atomic E-state index is -4.95. The molecule has 0 bridgehead atoms. The van der Waals surface area contributed by atoms with Crippen LogP contribution in [-0.4, -0.2) is 11.3 Å². The van der Waals surface area contributed by atoms with E-state index < -0.39 is 17.9 Å². The molecule has 1 aromatic carbocycles. The summed E-state index contributed by atoms with van der Waals surface area (Å²) in [6.07, 6.45) is -4.95. The second kappa shape index (κ2) is 4.15. The molecule has 98 valence electrons. The molecule has 0 fully saturated rings. The lowest BCUT2D eigenvalue weighted by Gasteiger charge is -2.08. The van der Waals surface area contributed by atoms with Crippen LogP contribution in [0.5, 0.6) is 5.75 Å². The molecule has 0 saturated heterocycles. The first-order valence-electron chi connectivity index (χ1n) is 5.12. The molecule has 0 atom stereocenters. The zero-order chi connectivity index (χ0) is 13.5. The first-order chi connectivity index (χ1) is 8.26. The van der Waals surface area contributed by atoms with Gasteiger partial charge in [0.2, 0.25) is 0 Å². The van der Waals surface area contributed by atoms with E-state index in [0.717, 1.165) is 12.1 Å². The highest BCUT2D eigenvalue weighted by Gasteiger charge is 2.32. The molecule has 0 spiro atoms. The number of oxazole rings is 1. The van der Waals surface area contributed by atoms with Crippen molar-refractivity contribution in [3.8, 4) is 5.75 Å². The lowest BCUT2D eigenvalue weighted by Crippen LogP contribution is -2.17. The quantitative estimate of drug-likeness (QED) is 0.768. The molecule has 0 N–H and O–H groups in total. The molecule has 3 nitrogen and oxygen atoms in total. The summed E-state index contributed by atoms with van der Waals surface area (Å²) < 4.78 is 58.2. The molecule has 0 aliphatic heterocycles. The van der Waals surface area contributed by atoms with E-state index >= 15 is 0 Å². The van der Waals surface area contributed by atoms with Crippen LogP contribution >= 0.6 is 0 Å². The van der Waals surface area contributed by atoms with Gasteiger partial charge in [0.25, 0.3) is 0 Å². The fraction of sp³-hybridized carbons (Fsp3) is 0.364. The zero-order valence-electron chi connectivity index (χ0n) is 9.51. The van der Waals surface area contributed by atoms with E-state index in [1.807, 2.05) is 0 Å². The second-order valence-corrected chi connectivity index (χ2v) is 4.00. The van der Waals surface area contributed by atoms with Gasteiger partial charge in [-0.3, -0.25) is 0 Å². The van der Waals surface area contributed by atoms with Crippen LogP contribution in [0.2, 0.25) is 0 Å². The topological polar surface area (TPSA) is 35.3 Å². The number of alkyl halides is 3. The number of benzene rings is 1. The molecule has 2 rings (SSSR count). The predicted molar refractivity (Wildman–Crippen MR) is 54.7 cm³/mol. The molecular weight excluding hydrogens is 254 g/mol. The van der Waals surface area contributed by atoms with Gasteiger partial charge in [-0.05, 0) is 0 Å². The maximum Gasteiger partial charge on any atom is 0.573 e. The average molecular weight is 263 g/mol. The van der Waals surface area contributed by atoms with Crippen molar-refractivity contribution in [2.24, 2.45) is 0 Å². The van der Waals surface area contributed by atoms with Crippen molar-refractivity contribution in [3.05, 3.63) is 23.8 Å². The maximum absolute atomic E-state index is 13.4. The van der Waals surface area contributed by atoms with Crippen LogP contribution in [0.1, 0.15) is 25.7 Å². The van der Waals surface area contributed by atoms with Crippen LogP contribution in [0.3, 0.4) is 0 Å². The minimum Gasteiger partial charge on any atom is -0.440 e. The Hall–Kier alpha value is -1.79. The number of hydrogen-bond acceptors (Lipinski definition) is 3. The number of aromatic nitrogens is 1. The standard InChI is InChI=1S/C11H9F4NO2/c1-5(2)10-16-7-3-6(12)8(4-9(7)17-10)18-11(13,14)15/h3-5H,1-2H3. The van der Waals surface area contributed by atoms with Crippen LogP contribution in [0.4, 0.5) is 17.6 Å². The zero-order valence-corrected chi connectivity index (χ0v) is 9.51. The second-order valence-electron chi connectivity index (χ2n) is 4.00. The van der Waals surface area contributed by atoms with Crippen molar-refractivity contribution >= 4 is 11.1 Å². The van der Waals surface area contributed by atoms with Crippen molar-refractivity contribution in [2.75, 3.05) is 0 Å². The minimum absolute atomic E-state index is 0.0487. The summed E-state index contributed by atoms with van der Waals surface area (Å²) in [6.45, 7) is 3.60. The van der Waals surface area contributed by atoms with Gasteiger partial charge in [-0.15, -0.1) is 13.2 Å². The van der Waals surface area contributed by atoms with E-state index in [2.05, 4.69) is 9.72 Å². The van der Waals surface area contributed by atoms with E-state index in [4.69, 9.17) is 4.42 Å². The number of ether oxygens (including phenoxy) is 1. The molecular formula is C11H9F4NO2. The van der Waals surface area contributed by atoms with Crippen molar-refractivity contribution in [3.63, 3.8) is 0 Å². The van der Waals surface area contributed by atoms with E-state index in [1.54, 1.807) is 13.8 Å². The molecule has 1 heterocycles. The predicted octanol–water partition coefficient (Wildman–Crippen LogP) is 3.99. The molecule has 0 amide bonds. The normalized spacial score (nSPS) is 12.4. The molecule has 2 aromatic rings. The third-order valence-electron chi connectivity index (χ3n) is 2.18. The number of fused-ring (bicyclic) bond motifs is 1. The Morgan fingerprint density at radius 2 is 1.94 bits per heavy atom. The Bertz CT molecular complexity index is 574. The summed E-state index contributed by atoms with van der Waals surface area (Å²) in [5.41, 5.74) is 0.213. The first kappa shape index (κ1) is 12.7. The van der Waals surface area contributed by atoms with Crippen LogP contribution < -0.4 is 4.74 Å². The molecule has 0 aliphatic rings. The van der Waals surface area contributed by atoms with Crippen LogP contribution in [0.15, 0.2) is 16.5 Å². The van der Waals surface area contributed by atoms with Crippen molar-refractivity contribution < 1.29 is 26.7 Å². The molecule has 7 heteroatoms. The number of hydrogen-bond donors (Lipinski definition) is 0. The summed E-state index contributed by atoms with van der Waals surface area (Å²) in [4.78, 5) is 3.97. The van der Waals surface area contributed by atoms with E-state index in [0.29, 0.717) is 5.89 Å². The van der Waals surface area contributed by atoms with E-state index in [1.165, 1.54) is 0 Å². The number of rotatable bonds is 2. The first-order valence-corrected chi connectivity index (χ1v) is 5.12. The number of halogens is 4. The van der Waals surface area contributed by atoms with Crippen LogP contribution in [0, 0.1) is 5.82 Å². The highest BCUT2D eigenvalue weighted by Crippen LogP contribution is 2.31. The van der Waals surface area contributed by atoms with Crippen molar-refractivity contribution in [1.29, 1.82) is 0 Å². The van der Waals surface area contributed by atoms with E-state index in [9.17, 15) is 17.6 Å². The van der Waals surface area contributed by atoms with Gasteiger partial charge in [0.1, 0.15) is 5.52 Å². The lowest BCUT2D eigenvalue weighted by atomic mass is 10.2. The lowest BCUT2D eigenvalue weighted by molar-refractivity contribution is -0.275. The van der Waals surface area contributed by atoms with Gasteiger partial charge in [-0.25, -0.2) is 9.37 Å². The fourth-order valence-electron chi connectivity index (χ4n) is 1.40. The Morgan fingerprint density at radius 3 is 2.50 bits per heavy atom. The molecule has 0 unspecified atom stereocenters. The average Bonchev–Trinajstić information content (AvgIpc) is 2.59. The van der Waals surface area contributed by atoms with Gasteiger partial charge >= 0.3 is 6.36 Å². The monoisotopic (exact) mass is 263 g/mol. The molecule has 0 aliphatic carbocycles.